The van der Waals surface area contributed by atoms with E-state index in [2.05, 4.69) is 69.5 Å². The lowest BCUT2D eigenvalue weighted by molar-refractivity contribution is 0.301. The molecule has 1 N–H and O–H groups in total. The summed E-state index contributed by atoms with van der Waals surface area (Å²) >= 11 is 0. The normalized spacial score (nSPS) is 17.2. The molecule has 1 aliphatic carbocycles. The average Bonchev–Trinajstić information content (AvgIpc) is 2.85. The summed E-state index contributed by atoms with van der Waals surface area (Å²) < 4.78 is 2.33. The van der Waals surface area contributed by atoms with Crippen molar-refractivity contribution in [3.05, 3.63) is 29.6 Å². The fraction of sp³-hybridized carbons (Fsp3) is 0.682. The minimum atomic E-state index is 0.0277. The van der Waals surface area contributed by atoms with Gasteiger partial charge in [0.1, 0.15) is 11.5 Å². The van der Waals surface area contributed by atoms with Crippen LogP contribution in [0.4, 0.5) is 5.82 Å². The Balaban J connectivity index is 2.04. The van der Waals surface area contributed by atoms with E-state index in [-0.39, 0.29) is 11.0 Å². The van der Waals surface area contributed by atoms with Gasteiger partial charge in [0.15, 0.2) is 0 Å². The van der Waals surface area contributed by atoms with Crippen molar-refractivity contribution in [3.8, 4) is 0 Å². The molecule has 1 aliphatic rings. The lowest BCUT2D eigenvalue weighted by atomic mass is 9.81. The first kappa shape index (κ1) is 18.3. The maximum Gasteiger partial charge on any atom is 0.138 e. The van der Waals surface area contributed by atoms with E-state index in [1.807, 2.05) is 0 Å². The lowest BCUT2D eigenvalue weighted by Gasteiger charge is -2.35. The average molecular weight is 342 g/mol. The second-order valence-electron chi connectivity index (χ2n) is 9.79. The molecule has 0 aromatic carbocycles. The van der Waals surface area contributed by atoms with Gasteiger partial charge in [-0.15, -0.1) is 0 Å². The number of aryl methyl sites for hydroxylation is 1. The molecule has 0 unspecified atom stereocenters. The highest BCUT2D eigenvalue weighted by molar-refractivity contribution is 5.58. The quantitative estimate of drug-likeness (QED) is 0.705. The number of pyridine rings is 1. The highest BCUT2D eigenvalue weighted by atomic mass is 15.2. The van der Waals surface area contributed by atoms with Crippen molar-refractivity contribution in [2.24, 2.45) is 5.41 Å². The Kier molecular flexibility index (Phi) is 4.87. The van der Waals surface area contributed by atoms with Gasteiger partial charge in [0.05, 0.1) is 5.69 Å². The van der Waals surface area contributed by atoms with Crippen LogP contribution < -0.4 is 5.32 Å². The first-order valence-corrected chi connectivity index (χ1v) is 9.92. The molecule has 3 heteroatoms. The SMILES string of the molecule is Cc1cccc2nc(C3CCCCC3)c(NC(C)(C)CC(C)(C)C)n12. The van der Waals surface area contributed by atoms with Crippen molar-refractivity contribution >= 4 is 11.5 Å². The second-order valence-corrected chi connectivity index (χ2v) is 9.79. The van der Waals surface area contributed by atoms with Gasteiger partial charge in [0.2, 0.25) is 0 Å². The zero-order valence-corrected chi connectivity index (χ0v) is 16.9. The van der Waals surface area contributed by atoms with Crippen LogP contribution in [0.15, 0.2) is 18.2 Å². The topological polar surface area (TPSA) is 29.3 Å². The summed E-state index contributed by atoms with van der Waals surface area (Å²) in [7, 11) is 0. The molecule has 0 spiro atoms. The third kappa shape index (κ3) is 4.19. The minimum Gasteiger partial charge on any atom is -0.365 e. The first-order valence-electron chi connectivity index (χ1n) is 9.92. The summed E-state index contributed by atoms with van der Waals surface area (Å²) in [4.78, 5) is 5.08. The number of imidazole rings is 1. The molecule has 3 rings (SSSR count). The summed E-state index contributed by atoms with van der Waals surface area (Å²) in [5.74, 6) is 1.83. The standard InChI is InChI=1S/C22H35N3/c1-16-11-10-14-18-23-19(17-12-8-7-9-13-17)20(25(16)18)24-22(5,6)15-21(2,3)4/h10-11,14,17,24H,7-9,12-13,15H2,1-6H3. The number of hydrogen-bond acceptors (Lipinski definition) is 2. The predicted molar refractivity (Wildman–Crippen MR) is 108 cm³/mol. The molecule has 25 heavy (non-hydrogen) atoms. The van der Waals surface area contributed by atoms with Crippen LogP contribution in [-0.2, 0) is 0 Å². The number of nitrogens with zero attached hydrogens (tertiary/aromatic N) is 2. The van der Waals surface area contributed by atoms with E-state index in [0.29, 0.717) is 5.92 Å². The Morgan fingerprint density at radius 2 is 1.76 bits per heavy atom. The monoisotopic (exact) mass is 341 g/mol. The fourth-order valence-corrected chi connectivity index (χ4v) is 4.74. The van der Waals surface area contributed by atoms with E-state index >= 15 is 0 Å². The van der Waals surface area contributed by atoms with Crippen molar-refractivity contribution in [1.82, 2.24) is 9.38 Å². The largest absolute Gasteiger partial charge is 0.365 e. The van der Waals surface area contributed by atoms with Gasteiger partial charge in [-0.3, -0.25) is 4.40 Å². The molecule has 138 valence electrons. The molecule has 2 aromatic rings. The summed E-state index contributed by atoms with van der Waals surface area (Å²) in [5, 5.41) is 3.91. The summed E-state index contributed by atoms with van der Waals surface area (Å²) in [6.45, 7) is 13.8. The van der Waals surface area contributed by atoms with E-state index in [1.54, 1.807) is 0 Å². The maximum absolute atomic E-state index is 5.08. The molecule has 0 aliphatic heterocycles. The number of nitrogens with one attached hydrogen (secondary N) is 1. The molecule has 0 saturated heterocycles. The van der Waals surface area contributed by atoms with Crippen LogP contribution in [0.1, 0.15) is 90.4 Å². The van der Waals surface area contributed by atoms with Gasteiger partial charge in [-0.2, -0.15) is 0 Å². The van der Waals surface area contributed by atoms with E-state index in [9.17, 15) is 0 Å². The second kappa shape index (κ2) is 6.66. The van der Waals surface area contributed by atoms with Gasteiger partial charge in [0, 0.05) is 17.2 Å². The van der Waals surface area contributed by atoms with Gasteiger partial charge in [-0.05, 0) is 57.6 Å². The van der Waals surface area contributed by atoms with Gasteiger partial charge in [-0.1, -0.05) is 46.1 Å². The molecule has 0 bridgehead atoms. The lowest BCUT2D eigenvalue weighted by Crippen LogP contribution is -2.36. The molecule has 0 atom stereocenters. The Labute approximate surface area is 153 Å². The molecule has 0 amide bonds. The maximum atomic E-state index is 5.08. The van der Waals surface area contributed by atoms with Crippen molar-refractivity contribution in [3.63, 3.8) is 0 Å². The molecular formula is C22H35N3. The number of rotatable bonds is 4. The third-order valence-electron chi connectivity index (χ3n) is 5.29. The Morgan fingerprint density at radius 3 is 2.40 bits per heavy atom. The van der Waals surface area contributed by atoms with Crippen molar-refractivity contribution in [2.45, 2.75) is 91.5 Å². The van der Waals surface area contributed by atoms with E-state index < -0.39 is 0 Å². The zero-order valence-electron chi connectivity index (χ0n) is 16.9. The van der Waals surface area contributed by atoms with Crippen LogP contribution in [0.3, 0.4) is 0 Å². The Hall–Kier alpha value is -1.51. The summed E-state index contributed by atoms with van der Waals surface area (Å²) in [6, 6.07) is 6.44. The van der Waals surface area contributed by atoms with E-state index in [0.717, 1.165) is 12.1 Å². The molecule has 2 aromatic heterocycles. The number of aromatic nitrogens is 2. The molecule has 2 heterocycles. The van der Waals surface area contributed by atoms with Gasteiger partial charge < -0.3 is 5.32 Å². The fourth-order valence-electron chi connectivity index (χ4n) is 4.74. The van der Waals surface area contributed by atoms with Crippen LogP contribution in [0.2, 0.25) is 0 Å². The van der Waals surface area contributed by atoms with Gasteiger partial charge >= 0.3 is 0 Å². The first-order chi connectivity index (χ1) is 11.7. The smallest absolute Gasteiger partial charge is 0.138 e. The van der Waals surface area contributed by atoms with E-state index in [4.69, 9.17) is 4.98 Å². The molecule has 3 nitrogen and oxygen atoms in total. The Morgan fingerprint density at radius 1 is 1.08 bits per heavy atom. The van der Waals surface area contributed by atoms with Gasteiger partial charge in [-0.25, -0.2) is 4.98 Å². The summed E-state index contributed by atoms with van der Waals surface area (Å²) in [5.41, 5.74) is 3.93. The molecule has 0 radical (unpaired) electrons. The van der Waals surface area contributed by atoms with Crippen molar-refractivity contribution in [2.75, 3.05) is 5.32 Å². The van der Waals surface area contributed by atoms with Crippen molar-refractivity contribution < 1.29 is 0 Å². The minimum absolute atomic E-state index is 0.0277. The highest BCUT2D eigenvalue weighted by Crippen LogP contribution is 2.39. The van der Waals surface area contributed by atoms with Gasteiger partial charge in [0.25, 0.3) is 0 Å². The number of fused-ring (bicyclic) bond motifs is 1. The molecule has 1 fully saturated rings. The van der Waals surface area contributed by atoms with Crippen LogP contribution in [0.25, 0.3) is 5.65 Å². The molecular weight excluding hydrogens is 306 g/mol. The van der Waals surface area contributed by atoms with Crippen LogP contribution in [0, 0.1) is 12.3 Å². The number of anilines is 1. The Bertz CT molecular complexity index is 728. The highest BCUT2D eigenvalue weighted by Gasteiger charge is 2.30. The van der Waals surface area contributed by atoms with Crippen LogP contribution >= 0.6 is 0 Å². The molecule has 1 saturated carbocycles. The predicted octanol–water partition coefficient (Wildman–Crippen LogP) is 6.32. The summed E-state index contributed by atoms with van der Waals surface area (Å²) in [6.07, 6.45) is 7.71. The van der Waals surface area contributed by atoms with E-state index in [1.165, 1.54) is 49.3 Å². The number of hydrogen-bond donors (Lipinski definition) is 1. The van der Waals surface area contributed by atoms with Crippen LogP contribution in [0.5, 0.6) is 0 Å². The third-order valence-corrected chi connectivity index (χ3v) is 5.29. The van der Waals surface area contributed by atoms with Crippen LogP contribution in [-0.4, -0.2) is 14.9 Å². The van der Waals surface area contributed by atoms with Crippen molar-refractivity contribution in [1.29, 1.82) is 0 Å². The zero-order chi connectivity index (χ0) is 18.2.